The third kappa shape index (κ3) is 6.71. The lowest BCUT2D eigenvalue weighted by atomic mass is 10.1. The van der Waals surface area contributed by atoms with E-state index >= 15 is 0 Å². The quantitative estimate of drug-likeness (QED) is 0.385. The summed E-state index contributed by atoms with van der Waals surface area (Å²) in [6.45, 7) is 5.41. The molecule has 3 N–H and O–H groups in total. The topological polar surface area (TPSA) is 149 Å². The first-order valence-electron chi connectivity index (χ1n) is 9.14. The number of nitrogens with zero attached hydrogens (tertiary/aromatic N) is 3. The Bertz CT molecular complexity index is 1140. The van der Waals surface area contributed by atoms with Gasteiger partial charge in [-0.05, 0) is 31.0 Å². The van der Waals surface area contributed by atoms with Gasteiger partial charge in [-0.1, -0.05) is 48.8 Å². The molecule has 0 radical (unpaired) electrons. The smallest absolute Gasteiger partial charge is 0.414 e. The van der Waals surface area contributed by atoms with Gasteiger partial charge in [-0.2, -0.15) is 15.5 Å². The van der Waals surface area contributed by atoms with Crippen molar-refractivity contribution in [3.63, 3.8) is 0 Å². The summed E-state index contributed by atoms with van der Waals surface area (Å²) < 4.78 is 4.57. The number of nitrogens with one attached hydrogen (secondary N) is 3. The highest BCUT2D eigenvalue weighted by molar-refractivity contribution is 7.99. The van der Waals surface area contributed by atoms with E-state index in [1.807, 2.05) is 19.2 Å². The Morgan fingerprint density at radius 2 is 1.97 bits per heavy atom. The summed E-state index contributed by atoms with van der Waals surface area (Å²) in [5.74, 6) is -1.03. The summed E-state index contributed by atoms with van der Waals surface area (Å²) in [6, 6.07) is 6.19. The van der Waals surface area contributed by atoms with Gasteiger partial charge in [-0.3, -0.25) is 20.3 Å². The highest BCUT2D eigenvalue weighted by Crippen LogP contribution is 2.40. The molecule has 2 aromatic rings. The first kappa shape index (κ1) is 25.2. The minimum absolute atomic E-state index is 0.00633. The van der Waals surface area contributed by atoms with Crippen molar-refractivity contribution in [2.45, 2.75) is 36.6 Å². The lowest BCUT2D eigenvalue weighted by molar-refractivity contribution is -0.114. The number of aromatic amines is 1. The van der Waals surface area contributed by atoms with E-state index < -0.39 is 17.7 Å². The fraction of sp³-hybridized carbons (Fsp3) is 0.263. The number of carbonyl (C=O) groups excluding carboxylic acids is 2. The Hall–Kier alpha value is -3.07. The number of alkyl carbamates (subject to hydrolysis) is 1. The highest BCUT2D eigenvalue weighted by atomic mass is 35.5. The van der Waals surface area contributed by atoms with Crippen LogP contribution < -0.4 is 16.3 Å². The summed E-state index contributed by atoms with van der Waals surface area (Å²) >= 11 is 13.8. The number of imide groups is 1. The van der Waals surface area contributed by atoms with Gasteiger partial charge in [-0.25, -0.2) is 9.89 Å². The van der Waals surface area contributed by atoms with Gasteiger partial charge in [0, 0.05) is 5.56 Å². The van der Waals surface area contributed by atoms with Crippen LogP contribution in [0.25, 0.3) is 0 Å². The molecular formula is C19H18Cl2N6O4S. The minimum atomic E-state index is -1.03. The average molecular weight is 497 g/mol. The van der Waals surface area contributed by atoms with Crippen molar-refractivity contribution in [1.82, 2.24) is 15.5 Å². The van der Waals surface area contributed by atoms with Gasteiger partial charge in [0.1, 0.15) is 11.1 Å². The minimum Gasteiger partial charge on any atom is -0.450 e. The predicted octanol–water partition coefficient (Wildman–Crippen LogP) is 3.92. The summed E-state index contributed by atoms with van der Waals surface area (Å²) in [7, 11) is 0. The molecule has 0 fully saturated rings. The van der Waals surface area contributed by atoms with E-state index in [-0.39, 0.29) is 28.1 Å². The molecule has 168 valence electrons. The lowest BCUT2D eigenvalue weighted by Gasteiger charge is -2.10. The van der Waals surface area contributed by atoms with Gasteiger partial charge in [0.05, 0.1) is 27.2 Å². The highest BCUT2D eigenvalue weighted by Gasteiger charge is 2.17. The number of benzene rings is 1. The predicted molar refractivity (Wildman–Crippen MR) is 121 cm³/mol. The summed E-state index contributed by atoms with van der Waals surface area (Å²) in [6.07, 6.45) is -0.996. The molecule has 0 aliphatic heterocycles. The van der Waals surface area contributed by atoms with Gasteiger partial charge in [0.25, 0.3) is 11.5 Å². The molecule has 1 heterocycles. The molecule has 2 amide bonds. The molecule has 0 aliphatic carbocycles. The molecule has 0 bridgehead atoms. The van der Waals surface area contributed by atoms with Crippen LogP contribution in [-0.2, 0) is 9.53 Å². The number of nitriles is 1. The van der Waals surface area contributed by atoms with Crippen molar-refractivity contribution >= 4 is 58.4 Å². The average Bonchev–Trinajstić information content (AvgIpc) is 2.72. The van der Waals surface area contributed by atoms with Crippen LogP contribution in [0.2, 0.25) is 10.0 Å². The molecule has 2 rings (SSSR count). The van der Waals surface area contributed by atoms with Gasteiger partial charge in [0.2, 0.25) is 5.71 Å². The second kappa shape index (κ2) is 11.5. The number of halogens is 2. The number of ether oxygens (including phenoxy) is 1. The Morgan fingerprint density at radius 3 is 2.53 bits per heavy atom. The summed E-state index contributed by atoms with van der Waals surface area (Å²) in [5, 5.41) is 22.1. The Morgan fingerprint density at radius 1 is 1.31 bits per heavy atom. The fourth-order valence-electron chi connectivity index (χ4n) is 2.27. The molecule has 0 saturated heterocycles. The first-order valence-corrected chi connectivity index (χ1v) is 10.7. The van der Waals surface area contributed by atoms with Crippen LogP contribution in [0.1, 0.15) is 32.3 Å². The van der Waals surface area contributed by atoms with E-state index in [9.17, 15) is 14.4 Å². The number of hydrogen-bond acceptors (Lipinski definition) is 9. The third-order valence-corrected chi connectivity index (χ3v) is 5.63. The molecule has 0 atom stereocenters. The van der Waals surface area contributed by atoms with Crippen molar-refractivity contribution in [3.05, 3.63) is 44.2 Å². The Kier molecular flexibility index (Phi) is 9.07. The van der Waals surface area contributed by atoms with Crippen LogP contribution >= 0.6 is 35.0 Å². The van der Waals surface area contributed by atoms with E-state index in [2.05, 4.69) is 25.5 Å². The molecule has 0 saturated carbocycles. The largest absolute Gasteiger partial charge is 0.450 e. The molecular weight excluding hydrogens is 479 g/mol. The number of carbonyl (C=O) groups is 2. The standard InChI is InChI=1S/C19H18Cl2N6O4S/c1-4-31-19(30)23-18(29)14(8-22)25-24-10-5-12(20)16(13(21)6-10)32-15-7-11(9(2)3)17(28)27-26-15/h5-7,9,24H,4H2,1-3H3,(H,27,28)(H,23,29,30)/b25-14-. The number of H-pyrrole nitrogens is 1. The summed E-state index contributed by atoms with van der Waals surface area (Å²) in [5.41, 5.74) is 2.49. The Labute approximate surface area is 197 Å². The normalized spacial score (nSPS) is 11.1. The number of amides is 2. The zero-order valence-corrected chi connectivity index (χ0v) is 19.5. The number of hydrogen-bond donors (Lipinski definition) is 3. The molecule has 0 unspecified atom stereocenters. The van der Waals surface area contributed by atoms with E-state index in [0.29, 0.717) is 21.2 Å². The first-order chi connectivity index (χ1) is 15.2. The molecule has 32 heavy (non-hydrogen) atoms. The maximum Gasteiger partial charge on any atom is 0.414 e. The maximum absolute atomic E-state index is 11.9. The number of anilines is 1. The van der Waals surface area contributed by atoms with Crippen molar-refractivity contribution in [2.75, 3.05) is 12.0 Å². The zero-order chi connectivity index (χ0) is 23.8. The van der Waals surface area contributed by atoms with Crippen LogP contribution in [0, 0.1) is 11.3 Å². The SMILES string of the molecule is CCOC(=O)NC(=O)/C(C#N)=N\Nc1cc(Cl)c(Sc2cc(C(C)C)c(=O)[nH]n2)c(Cl)c1. The molecule has 1 aromatic carbocycles. The molecule has 13 heteroatoms. The molecule has 10 nitrogen and oxygen atoms in total. The van der Waals surface area contributed by atoms with Gasteiger partial charge < -0.3 is 4.74 Å². The van der Waals surface area contributed by atoms with E-state index in [1.165, 1.54) is 12.1 Å². The maximum atomic E-state index is 11.9. The van der Waals surface area contributed by atoms with Gasteiger partial charge in [0.15, 0.2) is 0 Å². The molecule has 1 aromatic heterocycles. The monoisotopic (exact) mass is 496 g/mol. The van der Waals surface area contributed by atoms with E-state index in [4.69, 9.17) is 28.5 Å². The van der Waals surface area contributed by atoms with E-state index in [0.717, 1.165) is 11.8 Å². The second-order valence-corrected chi connectivity index (χ2v) is 8.22. The van der Waals surface area contributed by atoms with Crippen molar-refractivity contribution in [3.8, 4) is 6.07 Å². The number of rotatable bonds is 7. The number of aromatic nitrogens is 2. The van der Waals surface area contributed by atoms with E-state index in [1.54, 1.807) is 19.1 Å². The van der Waals surface area contributed by atoms with Gasteiger partial charge >= 0.3 is 6.09 Å². The number of hydrazone groups is 1. The third-order valence-electron chi connectivity index (χ3n) is 3.74. The zero-order valence-electron chi connectivity index (χ0n) is 17.2. The lowest BCUT2D eigenvalue weighted by Crippen LogP contribution is -2.36. The second-order valence-electron chi connectivity index (χ2n) is 6.38. The van der Waals surface area contributed by atoms with Crippen molar-refractivity contribution in [1.29, 1.82) is 5.26 Å². The Balaban J connectivity index is 2.20. The molecule has 0 spiro atoms. The van der Waals surface area contributed by atoms with Gasteiger partial charge in [-0.15, -0.1) is 0 Å². The van der Waals surface area contributed by atoms with Crippen LogP contribution in [0.4, 0.5) is 10.5 Å². The van der Waals surface area contributed by atoms with Crippen molar-refractivity contribution < 1.29 is 14.3 Å². The molecule has 0 aliphatic rings. The van der Waals surface area contributed by atoms with Crippen LogP contribution in [0.5, 0.6) is 0 Å². The van der Waals surface area contributed by atoms with Crippen LogP contribution in [0.3, 0.4) is 0 Å². The van der Waals surface area contributed by atoms with Crippen LogP contribution in [0.15, 0.2) is 38.0 Å². The van der Waals surface area contributed by atoms with Crippen LogP contribution in [-0.4, -0.2) is 34.5 Å². The fourth-order valence-corrected chi connectivity index (χ4v) is 3.79. The van der Waals surface area contributed by atoms with Crippen molar-refractivity contribution in [2.24, 2.45) is 5.10 Å². The summed E-state index contributed by atoms with van der Waals surface area (Å²) in [4.78, 5) is 35.5.